The smallest absolute Gasteiger partial charge is 0.269 e. The van der Waals surface area contributed by atoms with Gasteiger partial charge in [0.25, 0.3) is 11.6 Å². The fourth-order valence-corrected chi connectivity index (χ4v) is 4.33. The van der Waals surface area contributed by atoms with Crippen LogP contribution in [0.15, 0.2) is 78.9 Å². The second-order valence-corrected chi connectivity index (χ2v) is 7.72. The van der Waals surface area contributed by atoms with Crippen molar-refractivity contribution in [2.75, 3.05) is 17.1 Å². The number of anilines is 2. The monoisotopic (exact) mass is 445 g/mol. The van der Waals surface area contributed by atoms with E-state index in [1.807, 2.05) is 30.3 Å². The number of nitro groups is 1. The lowest BCUT2D eigenvalue weighted by Gasteiger charge is -2.28. The van der Waals surface area contributed by atoms with Crippen LogP contribution in [0, 0.1) is 16.0 Å². The molecule has 5 rings (SSSR count). The summed E-state index contributed by atoms with van der Waals surface area (Å²) in [5, 5.41) is 12.6. The molecule has 0 unspecified atom stereocenters. The average molecular weight is 445 g/mol. The summed E-state index contributed by atoms with van der Waals surface area (Å²) in [4.78, 5) is 44.4. The Hall–Kier alpha value is -4.24. The fraction of sp³-hybridized carbons (Fsp3) is 0.167. The minimum atomic E-state index is -1.01. The van der Waals surface area contributed by atoms with Gasteiger partial charge >= 0.3 is 0 Å². The predicted octanol–water partition coefficient (Wildman–Crippen LogP) is 3.65. The number of benzene rings is 3. The minimum Gasteiger partial charge on any atom is -0.497 e. The molecule has 3 aromatic rings. The second kappa shape index (κ2) is 8.03. The number of fused-ring (bicyclic) bond motifs is 1. The van der Waals surface area contributed by atoms with E-state index in [0.29, 0.717) is 11.4 Å². The van der Waals surface area contributed by atoms with E-state index in [2.05, 4.69) is 0 Å². The van der Waals surface area contributed by atoms with Gasteiger partial charge < -0.3 is 4.74 Å². The maximum absolute atomic E-state index is 13.5. The number of ether oxygens (including phenoxy) is 1. The van der Waals surface area contributed by atoms with Gasteiger partial charge in [-0.25, -0.2) is 9.96 Å². The highest BCUT2D eigenvalue weighted by molar-refractivity contribution is 6.23. The van der Waals surface area contributed by atoms with Gasteiger partial charge in [-0.15, -0.1) is 0 Å². The predicted molar refractivity (Wildman–Crippen MR) is 119 cm³/mol. The van der Waals surface area contributed by atoms with E-state index in [1.54, 1.807) is 36.4 Å². The van der Waals surface area contributed by atoms with Crippen molar-refractivity contribution in [3.05, 3.63) is 94.5 Å². The van der Waals surface area contributed by atoms with E-state index >= 15 is 0 Å². The summed E-state index contributed by atoms with van der Waals surface area (Å²) >= 11 is 0. The molecule has 33 heavy (non-hydrogen) atoms. The number of hydrogen-bond donors (Lipinski definition) is 0. The molecule has 2 aliphatic heterocycles. The summed E-state index contributed by atoms with van der Waals surface area (Å²) in [5.74, 6) is -1.03. The van der Waals surface area contributed by atoms with Crippen molar-refractivity contribution < 1.29 is 24.1 Å². The van der Waals surface area contributed by atoms with E-state index in [0.717, 1.165) is 10.5 Å². The molecular formula is C24H19N3O6. The van der Waals surface area contributed by atoms with Crippen LogP contribution < -0.4 is 14.7 Å². The number of non-ortho nitro benzene ring substituents is 1. The quantitative estimate of drug-likeness (QED) is 0.336. The molecule has 0 saturated carbocycles. The number of amides is 2. The number of hydrogen-bond acceptors (Lipinski definition) is 7. The molecule has 3 aromatic carbocycles. The molecule has 9 heteroatoms. The first-order chi connectivity index (χ1) is 16.0. The third-order valence-electron chi connectivity index (χ3n) is 5.90. The molecule has 0 N–H and O–H groups in total. The number of nitro benzene ring substituents is 1. The molecule has 166 valence electrons. The lowest BCUT2D eigenvalue weighted by molar-refractivity contribution is -0.384. The summed E-state index contributed by atoms with van der Waals surface area (Å²) in [7, 11) is 1.57. The highest BCUT2D eigenvalue weighted by Gasteiger charge is 2.60. The van der Waals surface area contributed by atoms with Crippen molar-refractivity contribution in [1.29, 1.82) is 0 Å². The third-order valence-corrected chi connectivity index (χ3v) is 5.90. The third kappa shape index (κ3) is 3.39. The summed E-state index contributed by atoms with van der Waals surface area (Å²) in [5.41, 5.74) is 1.66. The van der Waals surface area contributed by atoms with Gasteiger partial charge in [-0.2, -0.15) is 0 Å². The number of nitrogens with zero attached hydrogens (tertiary/aromatic N) is 3. The molecule has 2 saturated heterocycles. The zero-order valence-electron chi connectivity index (χ0n) is 17.5. The van der Waals surface area contributed by atoms with Crippen LogP contribution in [0.1, 0.15) is 11.6 Å². The lowest BCUT2D eigenvalue weighted by Crippen LogP contribution is -2.37. The van der Waals surface area contributed by atoms with Gasteiger partial charge in [0.2, 0.25) is 5.91 Å². The molecule has 0 spiro atoms. The number of rotatable bonds is 5. The van der Waals surface area contributed by atoms with Gasteiger partial charge in [-0.1, -0.05) is 30.3 Å². The molecule has 9 nitrogen and oxygen atoms in total. The normalized spacial score (nSPS) is 21.9. The SMILES string of the molecule is COc1ccc(N2O[C@H]3C(=O)N(c4ccc([N+](=O)[O-])cc4)C(=O)[C@@H]3[C@@H]2c2ccccc2)cc1. The Kier molecular flexibility index (Phi) is 5.02. The first kappa shape index (κ1) is 20.7. The second-order valence-electron chi connectivity index (χ2n) is 7.72. The number of methoxy groups -OCH3 is 1. The molecule has 3 atom stereocenters. The number of carbonyl (C=O) groups is 2. The average Bonchev–Trinajstić information content (AvgIpc) is 3.35. The van der Waals surface area contributed by atoms with Crippen molar-refractivity contribution >= 4 is 28.9 Å². The van der Waals surface area contributed by atoms with Crippen LogP contribution in [0.4, 0.5) is 17.1 Å². The van der Waals surface area contributed by atoms with Crippen LogP contribution in [0.3, 0.4) is 0 Å². The largest absolute Gasteiger partial charge is 0.497 e. The summed E-state index contributed by atoms with van der Waals surface area (Å²) in [6.45, 7) is 0. The van der Waals surface area contributed by atoms with Gasteiger partial charge in [0, 0.05) is 12.1 Å². The van der Waals surface area contributed by atoms with Crippen LogP contribution in [0.2, 0.25) is 0 Å². The molecule has 0 bridgehead atoms. The van der Waals surface area contributed by atoms with Crippen molar-refractivity contribution in [3.63, 3.8) is 0 Å². The Morgan fingerprint density at radius 3 is 2.12 bits per heavy atom. The van der Waals surface area contributed by atoms with E-state index in [9.17, 15) is 19.7 Å². The highest BCUT2D eigenvalue weighted by Crippen LogP contribution is 2.47. The molecule has 2 amide bonds. The van der Waals surface area contributed by atoms with Gasteiger partial charge in [-0.3, -0.25) is 24.5 Å². The maximum atomic E-state index is 13.5. The zero-order valence-corrected chi connectivity index (χ0v) is 17.5. The fourth-order valence-electron chi connectivity index (χ4n) is 4.33. The molecule has 0 aliphatic carbocycles. The Labute approximate surface area is 188 Å². The van der Waals surface area contributed by atoms with Gasteiger partial charge in [0.05, 0.1) is 29.4 Å². The standard InChI is InChI=1S/C24H19N3O6/c1-32-19-13-11-17(12-14-19)26-21(15-5-3-2-4-6-15)20-22(33-26)24(29)25(23(20)28)16-7-9-18(10-8-16)27(30)31/h2-14,20-22H,1H3/t20-,21+,22-/m1/s1. The zero-order chi connectivity index (χ0) is 23.1. The first-order valence-corrected chi connectivity index (χ1v) is 10.3. The van der Waals surface area contributed by atoms with Crippen molar-refractivity contribution in [3.8, 4) is 5.75 Å². The van der Waals surface area contributed by atoms with Crippen LogP contribution >= 0.6 is 0 Å². The summed E-state index contributed by atoms with van der Waals surface area (Å²) in [6, 6.07) is 21.3. The Morgan fingerprint density at radius 2 is 1.52 bits per heavy atom. The van der Waals surface area contributed by atoms with Crippen LogP contribution in [0.25, 0.3) is 0 Å². The Bertz CT molecular complexity index is 1210. The van der Waals surface area contributed by atoms with Gasteiger partial charge in [0.1, 0.15) is 11.7 Å². The number of imide groups is 1. The van der Waals surface area contributed by atoms with E-state index in [-0.39, 0.29) is 11.4 Å². The lowest BCUT2D eigenvalue weighted by atomic mass is 9.90. The number of carbonyl (C=O) groups excluding carboxylic acids is 2. The van der Waals surface area contributed by atoms with Gasteiger partial charge in [-0.05, 0) is 42.0 Å². The topological polar surface area (TPSA) is 102 Å². The van der Waals surface area contributed by atoms with Gasteiger partial charge in [0.15, 0.2) is 6.10 Å². The molecule has 0 aromatic heterocycles. The Morgan fingerprint density at radius 1 is 0.879 bits per heavy atom. The van der Waals surface area contributed by atoms with Crippen LogP contribution in [-0.2, 0) is 14.4 Å². The Balaban J connectivity index is 1.53. The molecule has 0 radical (unpaired) electrons. The van der Waals surface area contributed by atoms with Crippen molar-refractivity contribution in [1.82, 2.24) is 0 Å². The first-order valence-electron chi connectivity index (χ1n) is 10.3. The van der Waals surface area contributed by atoms with E-state index < -0.39 is 34.8 Å². The molecule has 2 fully saturated rings. The van der Waals surface area contributed by atoms with Crippen LogP contribution in [0.5, 0.6) is 5.75 Å². The van der Waals surface area contributed by atoms with Crippen molar-refractivity contribution in [2.24, 2.45) is 5.92 Å². The van der Waals surface area contributed by atoms with Crippen LogP contribution in [-0.4, -0.2) is 30.0 Å². The van der Waals surface area contributed by atoms with Crippen molar-refractivity contribution in [2.45, 2.75) is 12.1 Å². The maximum Gasteiger partial charge on any atom is 0.269 e. The number of hydroxylamine groups is 1. The molecule has 2 aliphatic rings. The molecular weight excluding hydrogens is 426 g/mol. The van der Waals surface area contributed by atoms with E-state index in [4.69, 9.17) is 9.57 Å². The summed E-state index contributed by atoms with van der Waals surface area (Å²) < 4.78 is 5.22. The van der Waals surface area contributed by atoms with E-state index in [1.165, 1.54) is 24.3 Å². The minimum absolute atomic E-state index is 0.123. The molecule has 2 heterocycles. The highest BCUT2D eigenvalue weighted by atomic mass is 16.7. The summed E-state index contributed by atoms with van der Waals surface area (Å²) in [6.07, 6.45) is -1.01.